The number of likely N-dealkylation sites (tertiary alicyclic amines) is 2. The summed E-state index contributed by atoms with van der Waals surface area (Å²) in [4.78, 5) is 14.0. The van der Waals surface area contributed by atoms with E-state index in [1.165, 1.54) is 25.9 Å². The highest BCUT2D eigenvalue weighted by atomic mass is 127. The molecule has 0 aliphatic carbocycles. The third kappa shape index (κ3) is 4.84. The zero-order valence-corrected chi connectivity index (χ0v) is 17.2. The van der Waals surface area contributed by atoms with Gasteiger partial charge in [0.2, 0.25) is 0 Å². The topological polar surface area (TPSA) is 48.7 Å². The third-order valence-electron chi connectivity index (χ3n) is 5.09. The summed E-state index contributed by atoms with van der Waals surface area (Å²) >= 11 is 0. The second-order valence-electron chi connectivity index (χ2n) is 6.72. The molecule has 0 amide bonds. The van der Waals surface area contributed by atoms with Crippen LogP contribution in [-0.4, -0.2) is 71.1 Å². The van der Waals surface area contributed by atoms with Crippen LogP contribution in [0.5, 0.6) is 0 Å². The molecule has 2 aliphatic rings. The van der Waals surface area contributed by atoms with Crippen LogP contribution < -0.4 is 5.32 Å². The van der Waals surface area contributed by atoms with Crippen LogP contribution in [0.2, 0.25) is 0 Å². The molecule has 6 nitrogen and oxygen atoms in total. The van der Waals surface area contributed by atoms with Crippen molar-refractivity contribution in [1.29, 1.82) is 0 Å². The molecule has 2 unspecified atom stereocenters. The van der Waals surface area contributed by atoms with Gasteiger partial charge in [-0.2, -0.15) is 0 Å². The maximum absolute atomic E-state index is 4.86. The van der Waals surface area contributed by atoms with Crippen LogP contribution in [0.4, 0.5) is 0 Å². The number of hydrogen-bond acceptors (Lipinski definition) is 3. The molecule has 0 aromatic carbocycles. The molecule has 7 heteroatoms. The second kappa shape index (κ2) is 9.60. The van der Waals surface area contributed by atoms with Crippen molar-refractivity contribution in [1.82, 2.24) is 24.7 Å². The van der Waals surface area contributed by atoms with Gasteiger partial charge in [0.15, 0.2) is 5.96 Å². The van der Waals surface area contributed by atoms with Crippen LogP contribution in [0.3, 0.4) is 0 Å². The Balaban J connectivity index is 0.00000208. The van der Waals surface area contributed by atoms with Gasteiger partial charge < -0.3 is 19.7 Å². The molecule has 0 spiro atoms. The van der Waals surface area contributed by atoms with Gasteiger partial charge in [0.05, 0.1) is 18.9 Å². The number of nitrogens with one attached hydrogen (secondary N) is 1. The molecule has 2 fully saturated rings. The molecule has 3 heterocycles. The van der Waals surface area contributed by atoms with E-state index in [-0.39, 0.29) is 24.0 Å². The lowest BCUT2D eigenvalue weighted by Crippen LogP contribution is -2.49. The Kier molecular flexibility index (Phi) is 7.80. The van der Waals surface area contributed by atoms with Gasteiger partial charge in [-0.25, -0.2) is 4.98 Å². The number of guanidine groups is 1. The highest BCUT2D eigenvalue weighted by molar-refractivity contribution is 14.0. The van der Waals surface area contributed by atoms with Crippen molar-refractivity contribution in [3.05, 3.63) is 18.7 Å². The van der Waals surface area contributed by atoms with Gasteiger partial charge >= 0.3 is 0 Å². The number of rotatable bonds is 5. The van der Waals surface area contributed by atoms with Crippen molar-refractivity contribution in [2.45, 2.75) is 32.7 Å². The zero-order chi connectivity index (χ0) is 16.1. The lowest BCUT2D eigenvalue weighted by molar-refractivity contribution is 0.182. The summed E-state index contributed by atoms with van der Waals surface area (Å²) in [5.41, 5.74) is 0. The quantitative estimate of drug-likeness (QED) is 0.428. The normalized spacial score (nSPS) is 25.1. The zero-order valence-electron chi connectivity index (χ0n) is 14.9. The molecule has 3 rings (SSSR count). The van der Waals surface area contributed by atoms with E-state index in [4.69, 9.17) is 4.99 Å². The van der Waals surface area contributed by atoms with Crippen LogP contribution in [0, 0.1) is 5.92 Å². The Hall–Kier alpha value is -0.830. The second-order valence-corrected chi connectivity index (χ2v) is 6.72. The third-order valence-corrected chi connectivity index (χ3v) is 5.09. The van der Waals surface area contributed by atoms with E-state index in [1.54, 1.807) is 0 Å². The van der Waals surface area contributed by atoms with Crippen LogP contribution in [0.1, 0.15) is 32.7 Å². The van der Waals surface area contributed by atoms with E-state index in [1.807, 2.05) is 12.5 Å². The number of halogens is 1. The standard InChI is InChI=1S/C17H30N6.HI/c1-3-19-17(20-7-11-21-8-4-9-21)22-10-5-15(2)16(13-22)23-12-6-18-14-23;/h6,12,14-16H,3-5,7-11,13H2,1-2H3,(H,19,20);1H. The van der Waals surface area contributed by atoms with Crippen molar-refractivity contribution in [3.63, 3.8) is 0 Å². The van der Waals surface area contributed by atoms with Gasteiger partial charge in [0.1, 0.15) is 0 Å². The van der Waals surface area contributed by atoms with Gasteiger partial charge in [0, 0.05) is 38.6 Å². The first-order valence-electron chi connectivity index (χ1n) is 9.01. The maximum Gasteiger partial charge on any atom is 0.194 e. The van der Waals surface area contributed by atoms with Crippen LogP contribution in [0.15, 0.2) is 23.7 Å². The minimum atomic E-state index is 0. The van der Waals surface area contributed by atoms with Crippen molar-refractivity contribution in [3.8, 4) is 0 Å². The van der Waals surface area contributed by atoms with E-state index in [0.717, 1.165) is 38.7 Å². The highest BCUT2D eigenvalue weighted by Gasteiger charge is 2.28. The van der Waals surface area contributed by atoms with E-state index >= 15 is 0 Å². The van der Waals surface area contributed by atoms with Crippen molar-refractivity contribution < 1.29 is 0 Å². The van der Waals surface area contributed by atoms with E-state index in [2.05, 4.69) is 44.7 Å². The molecular weight excluding hydrogens is 415 g/mol. The summed E-state index contributed by atoms with van der Waals surface area (Å²) in [5.74, 6) is 1.74. The average Bonchev–Trinajstić information content (AvgIpc) is 3.03. The van der Waals surface area contributed by atoms with Crippen LogP contribution in [-0.2, 0) is 0 Å². The maximum atomic E-state index is 4.86. The molecule has 2 saturated heterocycles. The number of aliphatic imine (C=N–C) groups is 1. The predicted octanol–water partition coefficient (Wildman–Crippen LogP) is 2.06. The van der Waals surface area contributed by atoms with E-state index in [9.17, 15) is 0 Å². The Bertz CT molecular complexity index is 499. The molecule has 2 atom stereocenters. The summed E-state index contributed by atoms with van der Waals surface area (Å²) in [7, 11) is 0. The van der Waals surface area contributed by atoms with Gasteiger partial charge in [-0.1, -0.05) is 6.92 Å². The Morgan fingerprint density at radius 3 is 2.79 bits per heavy atom. The molecule has 0 bridgehead atoms. The number of nitrogens with zero attached hydrogens (tertiary/aromatic N) is 5. The lowest BCUT2D eigenvalue weighted by Gasteiger charge is -2.39. The monoisotopic (exact) mass is 446 g/mol. The summed E-state index contributed by atoms with van der Waals surface area (Å²) in [5, 5.41) is 3.48. The minimum Gasteiger partial charge on any atom is -0.357 e. The van der Waals surface area contributed by atoms with Gasteiger partial charge in [-0.05, 0) is 38.8 Å². The van der Waals surface area contributed by atoms with Crippen molar-refractivity contribution in [2.24, 2.45) is 10.9 Å². The van der Waals surface area contributed by atoms with E-state index in [0.29, 0.717) is 12.0 Å². The summed E-state index contributed by atoms with van der Waals surface area (Å²) in [6.07, 6.45) is 8.44. The molecule has 0 saturated carbocycles. The van der Waals surface area contributed by atoms with E-state index < -0.39 is 0 Å². The van der Waals surface area contributed by atoms with Crippen molar-refractivity contribution in [2.75, 3.05) is 45.8 Å². The van der Waals surface area contributed by atoms with Crippen LogP contribution >= 0.6 is 24.0 Å². The highest BCUT2D eigenvalue weighted by Crippen LogP contribution is 2.27. The summed E-state index contributed by atoms with van der Waals surface area (Å²) in [6.45, 7) is 12.0. The predicted molar refractivity (Wildman–Crippen MR) is 109 cm³/mol. The van der Waals surface area contributed by atoms with Gasteiger partial charge in [-0.15, -0.1) is 24.0 Å². The Morgan fingerprint density at radius 2 is 2.17 bits per heavy atom. The Labute approximate surface area is 162 Å². The molecule has 1 aromatic heterocycles. The summed E-state index contributed by atoms with van der Waals surface area (Å²) in [6, 6.07) is 0.477. The fraction of sp³-hybridized carbons (Fsp3) is 0.765. The first-order valence-corrected chi connectivity index (χ1v) is 9.01. The summed E-state index contributed by atoms with van der Waals surface area (Å²) < 4.78 is 2.25. The number of imidazole rings is 1. The minimum absolute atomic E-state index is 0. The first-order chi connectivity index (χ1) is 11.3. The fourth-order valence-electron chi connectivity index (χ4n) is 3.42. The SMILES string of the molecule is CCNC(=NCCN1CCC1)N1CCC(C)C(n2ccnc2)C1.I. The van der Waals surface area contributed by atoms with Gasteiger partial charge in [-0.3, -0.25) is 4.99 Å². The number of aromatic nitrogens is 2. The molecule has 1 N–H and O–H groups in total. The largest absolute Gasteiger partial charge is 0.357 e. The van der Waals surface area contributed by atoms with Crippen LogP contribution in [0.25, 0.3) is 0 Å². The Morgan fingerprint density at radius 1 is 1.33 bits per heavy atom. The fourth-order valence-corrected chi connectivity index (χ4v) is 3.42. The smallest absolute Gasteiger partial charge is 0.194 e. The number of piperidine rings is 1. The average molecular weight is 446 g/mol. The van der Waals surface area contributed by atoms with Gasteiger partial charge in [0.25, 0.3) is 0 Å². The lowest BCUT2D eigenvalue weighted by atomic mass is 9.93. The molecule has 24 heavy (non-hydrogen) atoms. The number of hydrogen-bond donors (Lipinski definition) is 1. The molecular formula is C17H31IN6. The molecule has 2 aliphatic heterocycles. The first kappa shape index (κ1) is 19.5. The molecule has 136 valence electrons. The molecule has 1 aromatic rings. The molecule has 0 radical (unpaired) electrons. The van der Waals surface area contributed by atoms with Crippen molar-refractivity contribution >= 4 is 29.9 Å².